The lowest BCUT2D eigenvalue weighted by molar-refractivity contribution is -0.139. The molecular weight excluding hydrogens is 639 g/mol. The Kier molecular flexibility index (Phi) is 10.4. The van der Waals surface area contributed by atoms with E-state index in [-0.39, 0.29) is 17.7 Å². The molecule has 0 spiro atoms. The Hall–Kier alpha value is -5.59. The minimum absolute atomic E-state index is 0.232. The first kappa shape index (κ1) is 34.7. The van der Waals surface area contributed by atoms with Gasteiger partial charge in [0.25, 0.3) is 0 Å². The summed E-state index contributed by atoms with van der Waals surface area (Å²) in [6.07, 6.45) is -3.55. The highest BCUT2D eigenvalue weighted by Crippen LogP contribution is 2.35. The van der Waals surface area contributed by atoms with Crippen molar-refractivity contribution in [3.63, 3.8) is 0 Å². The minimum Gasteiger partial charge on any atom is -0.453 e. The molecule has 2 atom stereocenters. The number of alkyl carbamates (subject to hydrolysis) is 1. The van der Waals surface area contributed by atoms with E-state index in [1.807, 2.05) is 16.7 Å². The molecular formula is C36H36F3N5O5. The maximum atomic E-state index is 13.4. The van der Waals surface area contributed by atoms with E-state index in [9.17, 15) is 32.3 Å². The maximum absolute atomic E-state index is 13.4. The Bertz CT molecular complexity index is 1800. The van der Waals surface area contributed by atoms with Crippen LogP contribution in [0.15, 0.2) is 84.9 Å². The monoisotopic (exact) mass is 675 g/mol. The second kappa shape index (κ2) is 14.7. The third-order valence-corrected chi connectivity index (χ3v) is 8.42. The van der Waals surface area contributed by atoms with Gasteiger partial charge in [-0.3, -0.25) is 14.4 Å². The second-order valence-corrected chi connectivity index (χ2v) is 11.9. The Balaban J connectivity index is 1.40. The number of hydrogen-bond donors (Lipinski definition) is 3. The summed E-state index contributed by atoms with van der Waals surface area (Å²) in [4.78, 5) is 51.0. The minimum atomic E-state index is -4.48. The zero-order chi connectivity index (χ0) is 35.3. The van der Waals surface area contributed by atoms with Gasteiger partial charge in [-0.05, 0) is 90.6 Å². The molecule has 1 aromatic heterocycles. The first-order valence-electron chi connectivity index (χ1n) is 15.7. The molecule has 0 unspecified atom stereocenters. The van der Waals surface area contributed by atoms with E-state index in [0.717, 1.165) is 23.3 Å². The number of carbonyl (C=O) groups excluding carboxylic acids is 4. The largest absolute Gasteiger partial charge is 0.453 e. The molecule has 0 saturated carbocycles. The van der Waals surface area contributed by atoms with Crippen LogP contribution in [0.5, 0.6) is 0 Å². The molecule has 0 radical (unpaired) electrons. The van der Waals surface area contributed by atoms with Crippen LogP contribution < -0.4 is 16.0 Å². The first-order valence-corrected chi connectivity index (χ1v) is 15.7. The van der Waals surface area contributed by atoms with Gasteiger partial charge in [0.1, 0.15) is 12.1 Å². The molecule has 10 nitrogen and oxygen atoms in total. The predicted octanol–water partition coefficient (Wildman–Crippen LogP) is 6.71. The molecule has 1 saturated heterocycles. The number of ether oxygens (including phenoxy) is 1. The van der Waals surface area contributed by atoms with Gasteiger partial charge in [0.2, 0.25) is 18.2 Å². The lowest BCUT2D eigenvalue weighted by Gasteiger charge is -2.30. The number of alkyl halides is 3. The quantitative estimate of drug-likeness (QED) is 0.162. The van der Waals surface area contributed by atoms with E-state index in [0.29, 0.717) is 54.2 Å². The molecule has 1 aliphatic rings. The number of nitrogens with zero attached hydrogens (tertiary/aromatic N) is 2. The van der Waals surface area contributed by atoms with Crippen molar-refractivity contribution in [2.75, 3.05) is 24.3 Å². The lowest BCUT2D eigenvalue weighted by atomic mass is 10.0. The SMILES string of the molecule is COC(=O)N[C@H](C(=O)N1CCC[C@H]1C(=O)Nc1ccc(-c2ccc(-c3ccc(NC=O)cc3)n2-c2ccc(C(F)(F)F)cc2)cc1)C(C)C. The molecule has 256 valence electrons. The zero-order valence-corrected chi connectivity index (χ0v) is 27.1. The Morgan fingerprint density at radius 3 is 1.94 bits per heavy atom. The zero-order valence-electron chi connectivity index (χ0n) is 27.1. The third-order valence-electron chi connectivity index (χ3n) is 8.42. The highest BCUT2D eigenvalue weighted by atomic mass is 19.4. The Morgan fingerprint density at radius 2 is 1.43 bits per heavy atom. The standard InChI is InChI=1S/C36H36F3N5O5/c1-22(2)32(42-35(48)49-3)34(47)43-20-4-5-31(43)33(46)41-27-14-8-24(9-15-27)30-19-18-29(23-6-12-26(13-7-23)40-21-45)44(30)28-16-10-25(11-17-28)36(37,38)39/h6-19,21-22,31-32H,4-5,20H2,1-3H3,(H,40,45)(H,41,46)(H,42,48)/t31-,32-/m0/s1. The Labute approximate surface area is 281 Å². The van der Waals surface area contributed by atoms with Gasteiger partial charge in [0.15, 0.2) is 0 Å². The average Bonchev–Trinajstić information content (AvgIpc) is 3.76. The van der Waals surface area contributed by atoms with Crippen molar-refractivity contribution >= 4 is 35.7 Å². The van der Waals surface area contributed by atoms with E-state index < -0.39 is 29.9 Å². The van der Waals surface area contributed by atoms with Crippen LogP contribution in [0, 0.1) is 5.92 Å². The van der Waals surface area contributed by atoms with Gasteiger partial charge in [-0.15, -0.1) is 0 Å². The lowest BCUT2D eigenvalue weighted by Crippen LogP contribution is -2.54. The summed E-state index contributed by atoms with van der Waals surface area (Å²) in [5, 5.41) is 8.04. The summed E-state index contributed by atoms with van der Waals surface area (Å²) in [6.45, 7) is 3.97. The fraction of sp³-hybridized carbons (Fsp3) is 0.278. The number of nitrogens with one attached hydrogen (secondary N) is 3. The highest BCUT2D eigenvalue weighted by Gasteiger charge is 2.39. The summed E-state index contributed by atoms with van der Waals surface area (Å²) in [5.74, 6) is -0.950. The van der Waals surface area contributed by atoms with E-state index in [2.05, 4.69) is 20.7 Å². The number of halogens is 3. The summed E-state index contributed by atoms with van der Waals surface area (Å²) >= 11 is 0. The van der Waals surface area contributed by atoms with Crippen molar-refractivity contribution in [2.45, 2.75) is 44.9 Å². The molecule has 0 bridgehead atoms. The van der Waals surface area contributed by atoms with Crippen molar-refractivity contribution in [1.82, 2.24) is 14.8 Å². The Morgan fingerprint density at radius 1 is 0.857 bits per heavy atom. The maximum Gasteiger partial charge on any atom is 0.416 e. The molecule has 3 aromatic carbocycles. The van der Waals surface area contributed by atoms with E-state index in [1.54, 1.807) is 62.4 Å². The molecule has 4 amide bonds. The summed E-state index contributed by atoms with van der Waals surface area (Å²) in [5.41, 5.74) is 3.71. The van der Waals surface area contributed by atoms with Crippen LogP contribution in [0.1, 0.15) is 32.3 Å². The predicted molar refractivity (Wildman–Crippen MR) is 179 cm³/mol. The molecule has 1 aliphatic heterocycles. The number of anilines is 2. The van der Waals surface area contributed by atoms with Crippen LogP contribution in [-0.2, 0) is 25.3 Å². The fourth-order valence-electron chi connectivity index (χ4n) is 5.90. The number of hydrogen-bond acceptors (Lipinski definition) is 5. The molecule has 4 aromatic rings. The normalized spacial score (nSPS) is 15.1. The van der Waals surface area contributed by atoms with Gasteiger partial charge in [-0.2, -0.15) is 13.2 Å². The van der Waals surface area contributed by atoms with Crippen LogP contribution in [0.25, 0.3) is 28.2 Å². The van der Waals surface area contributed by atoms with Crippen LogP contribution in [0.2, 0.25) is 0 Å². The third kappa shape index (κ3) is 7.77. The molecule has 13 heteroatoms. The number of amides is 4. The van der Waals surface area contributed by atoms with Crippen LogP contribution in [0.4, 0.5) is 29.3 Å². The number of carbonyl (C=O) groups is 4. The van der Waals surface area contributed by atoms with Crippen molar-refractivity contribution < 1.29 is 37.1 Å². The molecule has 0 aliphatic carbocycles. The molecule has 5 rings (SSSR count). The van der Waals surface area contributed by atoms with E-state index in [4.69, 9.17) is 0 Å². The number of aromatic nitrogens is 1. The first-order chi connectivity index (χ1) is 23.4. The van der Waals surface area contributed by atoms with E-state index in [1.165, 1.54) is 24.1 Å². The van der Waals surface area contributed by atoms with Gasteiger partial charge in [-0.1, -0.05) is 38.1 Å². The van der Waals surface area contributed by atoms with Crippen LogP contribution in [0.3, 0.4) is 0 Å². The van der Waals surface area contributed by atoms with Gasteiger partial charge < -0.3 is 30.2 Å². The molecule has 2 heterocycles. The van der Waals surface area contributed by atoms with Gasteiger partial charge in [-0.25, -0.2) is 4.79 Å². The van der Waals surface area contributed by atoms with Gasteiger partial charge in [0.05, 0.1) is 24.1 Å². The summed E-state index contributed by atoms with van der Waals surface area (Å²) in [7, 11) is 1.22. The topological polar surface area (TPSA) is 122 Å². The number of likely N-dealkylation sites (tertiary alicyclic amines) is 1. The highest BCUT2D eigenvalue weighted by molar-refractivity contribution is 5.99. The summed E-state index contributed by atoms with van der Waals surface area (Å²) < 4.78 is 46.6. The molecule has 49 heavy (non-hydrogen) atoms. The van der Waals surface area contributed by atoms with Crippen LogP contribution >= 0.6 is 0 Å². The number of benzene rings is 3. The summed E-state index contributed by atoms with van der Waals surface area (Å²) in [6, 6.07) is 21.1. The fourth-order valence-corrected chi connectivity index (χ4v) is 5.90. The second-order valence-electron chi connectivity index (χ2n) is 11.9. The van der Waals surface area contributed by atoms with Crippen molar-refractivity contribution in [3.05, 3.63) is 90.5 Å². The average molecular weight is 676 g/mol. The number of rotatable bonds is 10. The van der Waals surface area contributed by atoms with Crippen molar-refractivity contribution in [3.8, 4) is 28.2 Å². The molecule has 1 fully saturated rings. The van der Waals surface area contributed by atoms with Gasteiger partial charge in [0, 0.05) is 23.6 Å². The van der Waals surface area contributed by atoms with Crippen molar-refractivity contribution in [1.29, 1.82) is 0 Å². The molecule has 3 N–H and O–H groups in total. The van der Waals surface area contributed by atoms with Crippen molar-refractivity contribution in [2.24, 2.45) is 5.92 Å². The van der Waals surface area contributed by atoms with E-state index >= 15 is 0 Å². The van der Waals surface area contributed by atoms with Crippen LogP contribution in [-0.4, -0.2) is 59.5 Å². The van der Waals surface area contributed by atoms with Gasteiger partial charge >= 0.3 is 12.3 Å². The number of methoxy groups -OCH3 is 1. The smallest absolute Gasteiger partial charge is 0.416 e.